The molecular formula is C11H10ClF3OS. The van der Waals surface area contributed by atoms with Crippen molar-refractivity contribution in [1.82, 2.24) is 0 Å². The van der Waals surface area contributed by atoms with Crippen molar-refractivity contribution in [2.24, 2.45) is 0 Å². The molecule has 1 aromatic rings. The number of carbonyl (C=O) groups excluding carboxylic acids is 1. The minimum absolute atomic E-state index is 0.0536. The molecule has 0 aromatic heterocycles. The van der Waals surface area contributed by atoms with Gasteiger partial charge >= 0.3 is 5.51 Å². The Balaban J connectivity index is 2.98. The zero-order valence-corrected chi connectivity index (χ0v) is 10.5. The van der Waals surface area contributed by atoms with Crippen LogP contribution in [0.1, 0.15) is 22.3 Å². The van der Waals surface area contributed by atoms with Crippen LogP contribution >= 0.6 is 23.4 Å². The largest absolute Gasteiger partial charge is 0.446 e. The van der Waals surface area contributed by atoms with Crippen LogP contribution in [-0.2, 0) is 0 Å². The molecule has 0 aliphatic heterocycles. The third kappa shape index (κ3) is 4.60. The summed E-state index contributed by atoms with van der Waals surface area (Å²) in [4.78, 5) is 11.6. The first kappa shape index (κ1) is 14.4. The molecule has 0 saturated carbocycles. The van der Waals surface area contributed by atoms with E-state index in [0.29, 0.717) is 5.56 Å². The lowest BCUT2D eigenvalue weighted by atomic mass is 10.1. The van der Waals surface area contributed by atoms with Crippen molar-refractivity contribution < 1.29 is 18.0 Å². The molecule has 0 unspecified atom stereocenters. The van der Waals surface area contributed by atoms with E-state index in [1.807, 2.05) is 0 Å². The first-order chi connectivity index (χ1) is 7.83. The van der Waals surface area contributed by atoms with E-state index in [9.17, 15) is 18.0 Å². The number of Topliss-reactive ketones (excluding diaryl/α,β-unsaturated/α-hetero) is 1. The van der Waals surface area contributed by atoms with Gasteiger partial charge in [-0.25, -0.2) is 0 Å². The lowest BCUT2D eigenvalue weighted by molar-refractivity contribution is -0.0328. The third-order valence-corrected chi connectivity index (χ3v) is 3.14. The van der Waals surface area contributed by atoms with Crippen molar-refractivity contribution in [3.8, 4) is 0 Å². The van der Waals surface area contributed by atoms with E-state index in [1.54, 1.807) is 6.92 Å². The van der Waals surface area contributed by atoms with Gasteiger partial charge in [0.2, 0.25) is 0 Å². The molecule has 0 atom stereocenters. The molecule has 0 amide bonds. The highest BCUT2D eigenvalue weighted by Crippen LogP contribution is 2.38. The van der Waals surface area contributed by atoms with Crippen LogP contribution in [0.3, 0.4) is 0 Å². The molecule has 0 heterocycles. The molecule has 1 rings (SSSR count). The van der Waals surface area contributed by atoms with E-state index >= 15 is 0 Å². The second-order valence-electron chi connectivity index (χ2n) is 3.39. The summed E-state index contributed by atoms with van der Waals surface area (Å²) in [6.45, 7) is 1.57. The third-order valence-electron chi connectivity index (χ3n) is 2.06. The van der Waals surface area contributed by atoms with Gasteiger partial charge < -0.3 is 0 Å². The SMILES string of the molecule is Cc1ccc(C(=O)CCCl)cc1SC(F)(F)F. The Morgan fingerprint density at radius 3 is 2.59 bits per heavy atom. The highest BCUT2D eigenvalue weighted by molar-refractivity contribution is 8.00. The molecule has 6 heteroatoms. The molecule has 1 aromatic carbocycles. The van der Waals surface area contributed by atoms with E-state index in [-0.39, 0.29) is 40.3 Å². The van der Waals surface area contributed by atoms with E-state index in [2.05, 4.69) is 0 Å². The van der Waals surface area contributed by atoms with Gasteiger partial charge in [-0.05, 0) is 30.3 Å². The smallest absolute Gasteiger partial charge is 0.294 e. The van der Waals surface area contributed by atoms with Crippen LogP contribution in [-0.4, -0.2) is 17.2 Å². The Labute approximate surface area is 106 Å². The highest BCUT2D eigenvalue weighted by atomic mass is 35.5. The van der Waals surface area contributed by atoms with Gasteiger partial charge in [-0.3, -0.25) is 4.79 Å². The first-order valence-electron chi connectivity index (χ1n) is 4.79. The molecular weight excluding hydrogens is 273 g/mol. The standard InChI is InChI=1S/C11H10ClF3OS/c1-7-2-3-8(9(16)4-5-12)6-10(7)17-11(13,14)15/h2-3,6H,4-5H2,1H3. The Hall–Kier alpha value is -0.680. The van der Waals surface area contributed by atoms with E-state index < -0.39 is 5.51 Å². The van der Waals surface area contributed by atoms with E-state index in [1.165, 1.54) is 18.2 Å². The molecule has 0 N–H and O–H groups in total. The number of rotatable bonds is 4. The van der Waals surface area contributed by atoms with Gasteiger partial charge in [0.05, 0.1) is 0 Å². The summed E-state index contributed by atoms with van der Waals surface area (Å²) in [7, 11) is 0. The fraction of sp³-hybridized carbons (Fsp3) is 0.364. The Morgan fingerprint density at radius 2 is 2.06 bits per heavy atom. The predicted octanol–water partition coefficient (Wildman–Crippen LogP) is 4.42. The van der Waals surface area contributed by atoms with Gasteiger partial charge in [-0.1, -0.05) is 12.1 Å². The van der Waals surface area contributed by atoms with Crippen LogP contribution in [0.2, 0.25) is 0 Å². The van der Waals surface area contributed by atoms with Crippen molar-refractivity contribution in [2.45, 2.75) is 23.7 Å². The number of hydrogen-bond acceptors (Lipinski definition) is 2. The predicted molar refractivity (Wildman–Crippen MR) is 62.8 cm³/mol. The van der Waals surface area contributed by atoms with Gasteiger partial charge in [0, 0.05) is 22.8 Å². The number of aryl methyl sites for hydroxylation is 1. The number of halogens is 4. The molecule has 0 saturated heterocycles. The van der Waals surface area contributed by atoms with Gasteiger partial charge in [-0.2, -0.15) is 13.2 Å². The quantitative estimate of drug-likeness (QED) is 0.462. The van der Waals surface area contributed by atoms with E-state index in [4.69, 9.17) is 11.6 Å². The summed E-state index contributed by atoms with van der Waals surface area (Å²) in [5.74, 6) is -0.0851. The maximum Gasteiger partial charge on any atom is 0.446 e. The highest BCUT2D eigenvalue weighted by Gasteiger charge is 2.30. The van der Waals surface area contributed by atoms with Crippen LogP contribution in [0.25, 0.3) is 0 Å². The van der Waals surface area contributed by atoms with Gasteiger partial charge in [0.25, 0.3) is 0 Å². The lowest BCUT2D eigenvalue weighted by Crippen LogP contribution is -2.03. The van der Waals surface area contributed by atoms with Crippen molar-refractivity contribution in [2.75, 3.05) is 5.88 Å². The minimum atomic E-state index is -4.35. The van der Waals surface area contributed by atoms with Crippen molar-refractivity contribution in [1.29, 1.82) is 0 Å². The monoisotopic (exact) mass is 282 g/mol. The summed E-state index contributed by atoms with van der Waals surface area (Å²) < 4.78 is 36.8. The maximum atomic E-state index is 12.3. The van der Waals surface area contributed by atoms with Gasteiger partial charge in [0.15, 0.2) is 5.78 Å². The average molecular weight is 283 g/mol. The van der Waals surface area contributed by atoms with Crippen LogP contribution in [0.15, 0.2) is 23.1 Å². The molecule has 0 fully saturated rings. The lowest BCUT2D eigenvalue weighted by Gasteiger charge is -2.09. The zero-order chi connectivity index (χ0) is 13.1. The topological polar surface area (TPSA) is 17.1 Å². The van der Waals surface area contributed by atoms with Crippen LogP contribution in [0.5, 0.6) is 0 Å². The van der Waals surface area contributed by atoms with Crippen molar-refractivity contribution in [3.05, 3.63) is 29.3 Å². The second-order valence-corrected chi connectivity index (χ2v) is 4.88. The summed E-state index contributed by atoms with van der Waals surface area (Å²) in [5, 5.41) is 0. The normalized spacial score (nSPS) is 11.6. The molecule has 0 bridgehead atoms. The zero-order valence-electron chi connectivity index (χ0n) is 8.97. The van der Waals surface area contributed by atoms with Crippen LogP contribution in [0.4, 0.5) is 13.2 Å². The number of alkyl halides is 4. The Bertz CT molecular complexity index is 418. The fourth-order valence-electron chi connectivity index (χ4n) is 1.24. The number of ketones is 1. The van der Waals surface area contributed by atoms with Gasteiger partial charge in [0.1, 0.15) is 0 Å². The summed E-state index contributed by atoms with van der Waals surface area (Å²) >= 11 is 5.21. The molecule has 0 aliphatic carbocycles. The minimum Gasteiger partial charge on any atom is -0.294 e. The first-order valence-corrected chi connectivity index (χ1v) is 6.14. The average Bonchev–Trinajstić information content (AvgIpc) is 2.19. The number of carbonyl (C=O) groups is 1. The van der Waals surface area contributed by atoms with E-state index in [0.717, 1.165) is 0 Å². The van der Waals surface area contributed by atoms with Crippen LogP contribution in [0, 0.1) is 6.92 Å². The van der Waals surface area contributed by atoms with Crippen molar-refractivity contribution >= 4 is 29.1 Å². The fourth-order valence-corrected chi connectivity index (χ4v) is 2.07. The molecule has 94 valence electrons. The number of benzene rings is 1. The second kappa shape index (κ2) is 5.78. The van der Waals surface area contributed by atoms with Gasteiger partial charge in [-0.15, -0.1) is 11.6 Å². The molecule has 17 heavy (non-hydrogen) atoms. The Kier molecular flexibility index (Phi) is 4.89. The molecule has 0 spiro atoms. The molecule has 0 radical (unpaired) electrons. The number of hydrogen-bond donors (Lipinski definition) is 0. The van der Waals surface area contributed by atoms with Crippen molar-refractivity contribution in [3.63, 3.8) is 0 Å². The molecule has 0 aliphatic rings. The maximum absolute atomic E-state index is 12.3. The summed E-state index contributed by atoms with van der Waals surface area (Å²) in [6.07, 6.45) is 0.126. The number of thioether (sulfide) groups is 1. The van der Waals surface area contributed by atoms with Crippen LogP contribution < -0.4 is 0 Å². The molecule has 1 nitrogen and oxygen atoms in total. The summed E-state index contributed by atoms with van der Waals surface area (Å²) in [6, 6.07) is 4.29. The Morgan fingerprint density at radius 1 is 1.41 bits per heavy atom. The summed E-state index contributed by atoms with van der Waals surface area (Å²) in [5.41, 5.74) is -3.59.